The Morgan fingerprint density at radius 2 is 2.00 bits per heavy atom. The van der Waals surface area contributed by atoms with Gasteiger partial charge in [0.2, 0.25) is 0 Å². The lowest BCUT2D eigenvalue weighted by atomic mass is 9.98. The Hall–Kier alpha value is -2.29. The van der Waals surface area contributed by atoms with Crippen LogP contribution in [0.1, 0.15) is 31.2 Å². The molecule has 2 rings (SSSR count). The lowest BCUT2D eigenvalue weighted by Gasteiger charge is -2.22. The molecule has 0 aromatic carbocycles. The number of hydrogen-bond acceptors (Lipinski definition) is 4. The van der Waals surface area contributed by atoms with Gasteiger partial charge in [-0.2, -0.15) is 5.26 Å². The van der Waals surface area contributed by atoms with E-state index in [1.807, 2.05) is 30.5 Å². The third-order valence-electron chi connectivity index (χ3n) is 4.09. The minimum atomic E-state index is -0.864. The van der Waals surface area contributed by atoms with Gasteiger partial charge in [-0.3, -0.25) is 9.59 Å². The zero-order valence-electron chi connectivity index (χ0n) is 13.2. The lowest BCUT2D eigenvalue weighted by Crippen LogP contribution is -2.48. The minimum Gasteiger partial charge on any atom is -0.454 e. The first-order chi connectivity index (χ1) is 10.4. The van der Waals surface area contributed by atoms with E-state index in [2.05, 4.69) is 11.4 Å². The van der Waals surface area contributed by atoms with Crippen LogP contribution in [0.15, 0.2) is 12.1 Å². The van der Waals surface area contributed by atoms with E-state index in [0.717, 1.165) is 24.2 Å². The monoisotopic (exact) mass is 303 g/mol. The Balaban J connectivity index is 1.81. The molecule has 1 saturated carbocycles. The molecule has 1 atom stereocenters. The molecule has 6 heteroatoms. The number of aryl methyl sites for hydroxylation is 2. The molecule has 0 unspecified atom stereocenters. The van der Waals surface area contributed by atoms with Crippen LogP contribution in [0, 0.1) is 31.1 Å². The fourth-order valence-corrected chi connectivity index (χ4v) is 2.48. The molecule has 0 bridgehead atoms. The van der Waals surface area contributed by atoms with Crippen molar-refractivity contribution < 1.29 is 14.3 Å². The summed E-state index contributed by atoms with van der Waals surface area (Å²) in [6, 6.07) is 5.97. The molecule has 0 aliphatic heterocycles. The van der Waals surface area contributed by atoms with Gasteiger partial charge >= 0.3 is 5.97 Å². The quantitative estimate of drug-likeness (QED) is 0.806. The van der Waals surface area contributed by atoms with Crippen LogP contribution in [0.2, 0.25) is 0 Å². The number of hydrogen-bond donors (Lipinski definition) is 1. The van der Waals surface area contributed by atoms with E-state index in [0.29, 0.717) is 0 Å². The Kier molecular flexibility index (Phi) is 4.55. The number of nitrogens with one attached hydrogen (secondary N) is 1. The zero-order valence-corrected chi connectivity index (χ0v) is 13.2. The summed E-state index contributed by atoms with van der Waals surface area (Å²) in [5.74, 6) is -0.713. The second-order valence-electron chi connectivity index (χ2n) is 6.00. The molecule has 1 N–H and O–H groups in total. The van der Waals surface area contributed by atoms with Crippen LogP contribution in [-0.2, 0) is 20.9 Å². The third kappa shape index (κ3) is 3.67. The first-order valence-corrected chi connectivity index (χ1v) is 7.36. The van der Waals surface area contributed by atoms with Crippen molar-refractivity contribution in [2.45, 2.75) is 45.7 Å². The molecule has 6 nitrogen and oxygen atoms in total. The lowest BCUT2D eigenvalue weighted by molar-refractivity contribution is -0.149. The van der Waals surface area contributed by atoms with Gasteiger partial charge in [-0.1, -0.05) is 0 Å². The smallest absolute Gasteiger partial charge is 0.326 e. The van der Waals surface area contributed by atoms with Crippen LogP contribution < -0.4 is 5.32 Å². The molecular weight excluding hydrogens is 282 g/mol. The largest absolute Gasteiger partial charge is 0.454 e. The van der Waals surface area contributed by atoms with Gasteiger partial charge in [-0.15, -0.1) is 0 Å². The SMILES string of the molecule is Cc1ccc(C)n1CC(=O)OCC(=O)N[C@@](C)(C#N)C1CC1. The fraction of sp³-hybridized carbons (Fsp3) is 0.562. The average molecular weight is 303 g/mol. The summed E-state index contributed by atoms with van der Waals surface area (Å²) in [7, 11) is 0. The average Bonchev–Trinajstić information content (AvgIpc) is 3.28. The van der Waals surface area contributed by atoms with Crippen molar-refractivity contribution in [1.82, 2.24) is 9.88 Å². The van der Waals surface area contributed by atoms with E-state index in [4.69, 9.17) is 4.74 Å². The van der Waals surface area contributed by atoms with Gasteiger partial charge in [-0.25, -0.2) is 0 Å². The summed E-state index contributed by atoms with van der Waals surface area (Å²) < 4.78 is 6.82. The first kappa shape index (κ1) is 16.1. The molecule has 1 amide bonds. The molecule has 0 saturated heterocycles. The molecule has 1 heterocycles. The zero-order chi connectivity index (χ0) is 16.3. The van der Waals surface area contributed by atoms with Crippen molar-refractivity contribution in [2.24, 2.45) is 5.92 Å². The first-order valence-electron chi connectivity index (χ1n) is 7.36. The summed E-state index contributed by atoms with van der Waals surface area (Å²) in [4.78, 5) is 23.7. The van der Waals surface area contributed by atoms with Gasteiger partial charge in [0.25, 0.3) is 5.91 Å². The van der Waals surface area contributed by atoms with E-state index in [1.165, 1.54) is 0 Å². The number of carbonyl (C=O) groups is 2. The standard InChI is InChI=1S/C16H21N3O3/c1-11-4-5-12(2)19(11)8-15(21)22-9-14(20)18-16(3,10-17)13-6-7-13/h4-5,13H,6-9H2,1-3H3,(H,18,20)/t16-/m0/s1. The highest BCUT2D eigenvalue weighted by atomic mass is 16.5. The van der Waals surface area contributed by atoms with Crippen molar-refractivity contribution in [2.75, 3.05) is 6.61 Å². The van der Waals surface area contributed by atoms with E-state index in [-0.39, 0.29) is 19.1 Å². The Morgan fingerprint density at radius 3 is 2.50 bits per heavy atom. The van der Waals surface area contributed by atoms with Crippen LogP contribution in [-0.4, -0.2) is 28.6 Å². The third-order valence-corrected chi connectivity index (χ3v) is 4.09. The van der Waals surface area contributed by atoms with Gasteiger partial charge in [-0.05, 0) is 51.7 Å². The number of nitriles is 1. The number of amides is 1. The summed E-state index contributed by atoms with van der Waals surface area (Å²) in [5, 5.41) is 11.8. The fourth-order valence-electron chi connectivity index (χ4n) is 2.48. The molecule has 22 heavy (non-hydrogen) atoms. The normalized spacial score (nSPS) is 16.5. The van der Waals surface area contributed by atoms with E-state index < -0.39 is 17.4 Å². The maximum Gasteiger partial charge on any atom is 0.326 e. The van der Waals surface area contributed by atoms with Crippen LogP contribution in [0.5, 0.6) is 0 Å². The van der Waals surface area contributed by atoms with Gasteiger partial charge in [0, 0.05) is 11.4 Å². The highest BCUT2D eigenvalue weighted by molar-refractivity contribution is 5.81. The van der Waals surface area contributed by atoms with Crippen molar-refractivity contribution in [3.63, 3.8) is 0 Å². The number of rotatable bonds is 6. The molecule has 1 aromatic heterocycles. The summed E-state index contributed by atoms with van der Waals surface area (Å²) in [6.45, 7) is 5.23. The molecule has 0 spiro atoms. The molecular formula is C16H21N3O3. The Labute approximate surface area is 130 Å². The molecule has 0 radical (unpaired) electrons. The molecule has 1 aliphatic rings. The van der Waals surface area contributed by atoms with E-state index >= 15 is 0 Å². The van der Waals surface area contributed by atoms with Crippen LogP contribution in [0.4, 0.5) is 0 Å². The van der Waals surface area contributed by atoms with E-state index in [1.54, 1.807) is 6.92 Å². The number of carbonyl (C=O) groups excluding carboxylic acids is 2. The number of nitrogens with zero attached hydrogens (tertiary/aromatic N) is 2. The highest BCUT2D eigenvalue weighted by Gasteiger charge is 2.43. The predicted octanol–water partition coefficient (Wildman–Crippen LogP) is 1.46. The summed E-state index contributed by atoms with van der Waals surface area (Å²) in [5.41, 5.74) is 1.06. The van der Waals surface area contributed by atoms with Crippen molar-refractivity contribution in [1.29, 1.82) is 5.26 Å². The summed E-state index contributed by atoms with van der Waals surface area (Å²) in [6.07, 6.45) is 1.88. The van der Waals surface area contributed by atoms with E-state index in [9.17, 15) is 14.9 Å². The second-order valence-corrected chi connectivity index (χ2v) is 6.00. The minimum absolute atomic E-state index is 0.0795. The maximum atomic E-state index is 11.8. The second kappa shape index (κ2) is 6.22. The maximum absolute atomic E-state index is 11.8. The predicted molar refractivity (Wildman–Crippen MR) is 79.7 cm³/mol. The van der Waals surface area contributed by atoms with Crippen LogP contribution in [0.3, 0.4) is 0 Å². The topological polar surface area (TPSA) is 84.1 Å². The highest BCUT2D eigenvalue weighted by Crippen LogP contribution is 2.39. The van der Waals surface area contributed by atoms with Crippen LogP contribution >= 0.6 is 0 Å². The van der Waals surface area contributed by atoms with Gasteiger partial charge in [0.15, 0.2) is 6.61 Å². The Bertz CT molecular complexity index is 606. The van der Waals surface area contributed by atoms with Gasteiger partial charge < -0.3 is 14.6 Å². The molecule has 1 fully saturated rings. The summed E-state index contributed by atoms with van der Waals surface area (Å²) >= 11 is 0. The number of ether oxygens (including phenoxy) is 1. The van der Waals surface area contributed by atoms with Crippen molar-refractivity contribution in [3.05, 3.63) is 23.5 Å². The number of esters is 1. The van der Waals surface area contributed by atoms with Crippen LogP contribution in [0.25, 0.3) is 0 Å². The Morgan fingerprint density at radius 1 is 1.41 bits per heavy atom. The van der Waals surface area contributed by atoms with Crippen molar-refractivity contribution >= 4 is 11.9 Å². The number of aromatic nitrogens is 1. The molecule has 1 aromatic rings. The van der Waals surface area contributed by atoms with Gasteiger partial charge in [0.05, 0.1) is 6.07 Å². The van der Waals surface area contributed by atoms with Crippen molar-refractivity contribution in [3.8, 4) is 6.07 Å². The molecule has 1 aliphatic carbocycles. The van der Waals surface area contributed by atoms with Gasteiger partial charge in [0.1, 0.15) is 12.1 Å². The molecule has 118 valence electrons.